The molecular weight excluding hydrogens is 388 g/mol. The molecule has 126 valence electrons. The molecule has 0 aliphatic heterocycles. The Morgan fingerprint density at radius 3 is 2.76 bits per heavy atom. The van der Waals surface area contributed by atoms with E-state index in [1.807, 2.05) is 0 Å². The summed E-state index contributed by atoms with van der Waals surface area (Å²) in [5, 5.41) is 21.4. The number of fused-ring (bicyclic) bond motifs is 1. The van der Waals surface area contributed by atoms with Crippen molar-refractivity contribution < 1.29 is 14.8 Å². The Hall–Kier alpha value is -2.93. The molecule has 0 aliphatic carbocycles. The highest BCUT2D eigenvalue weighted by Gasteiger charge is 2.11. The fourth-order valence-corrected chi connectivity index (χ4v) is 2.89. The maximum Gasteiger partial charge on any atom is 0.278 e. The minimum atomic E-state index is -0.420. The van der Waals surface area contributed by atoms with Gasteiger partial charge >= 0.3 is 0 Å². The summed E-state index contributed by atoms with van der Waals surface area (Å²) in [6.45, 7) is 0. The van der Waals surface area contributed by atoms with Gasteiger partial charge in [-0.15, -0.1) is 0 Å². The van der Waals surface area contributed by atoms with E-state index in [2.05, 4.69) is 20.9 Å². The number of phenolic OH excluding ortho intramolecular Hbond substituents is 1. The van der Waals surface area contributed by atoms with Crippen LogP contribution in [0.3, 0.4) is 0 Å². The Morgan fingerprint density at radius 2 is 2.04 bits per heavy atom. The van der Waals surface area contributed by atoms with E-state index in [-0.39, 0.29) is 11.4 Å². The summed E-state index contributed by atoms with van der Waals surface area (Å²) in [5.41, 5.74) is 1.98. The van der Waals surface area contributed by atoms with Crippen LogP contribution in [0.4, 0.5) is 5.69 Å². The fourth-order valence-electron chi connectivity index (χ4n) is 2.43. The van der Waals surface area contributed by atoms with Crippen molar-refractivity contribution in [2.24, 2.45) is 0 Å². The molecule has 0 bridgehead atoms. The molecule has 0 unspecified atom stereocenters. The molecule has 0 radical (unpaired) electrons. The summed E-state index contributed by atoms with van der Waals surface area (Å²) < 4.78 is 5.81. The van der Waals surface area contributed by atoms with Crippen LogP contribution in [0.25, 0.3) is 23.1 Å². The fraction of sp³-hybridized carbons (Fsp3) is 0.0556. The molecule has 0 atom stereocenters. The number of non-ortho nitro benzene ring substituents is 1. The molecule has 1 N–H and O–H groups in total. The number of nitro groups is 1. The van der Waals surface area contributed by atoms with Gasteiger partial charge in [-0.3, -0.25) is 10.1 Å². The average Bonchev–Trinajstić information content (AvgIpc) is 2.61. The van der Waals surface area contributed by atoms with Gasteiger partial charge in [-0.2, -0.15) is 0 Å². The normalized spacial score (nSPS) is 11.1. The monoisotopic (exact) mass is 400 g/mol. The standard InChI is InChI=1S/C18H13BrN2O4/c1-25-18-10-14(19)11(9-17(18)22)5-6-12-7-8-13-15(20-12)3-2-4-16(13)21(23)24/h2-10,22H,1H3/b6-5+. The first-order valence-electron chi connectivity index (χ1n) is 7.28. The minimum Gasteiger partial charge on any atom is -0.504 e. The van der Waals surface area contributed by atoms with Crippen molar-refractivity contribution in [3.8, 4) is 11.5 Å². The summed E-state index contributed by atoms with van der Waals surface area (Å²) in [4.78, 5) is 15.1. The molecule has 25 heavy (non-hydrogen) atoms. The zero-order chi connectivity index (χ0) is 18.0. The highest BCUT2D eigenvalue weighted by Crippen LogP contribution is 2.33. The second-order valence-corrected chi connectivity index (χ2v) is 6.07. The highest BCUT2D eigenvalue weighted by atomic mass is 79.9. The van der Waals surface area contributed by atoms with Crippen LogP contribution in [-0.4, -0.2) is 22.1 Å². The number of phenols is 1. The molecule has 0 saturated heterocycles. The first-order valence-corrected chi connectivity index (χ1v) is 8.07. The van der Waals surface area contributed by atoms with Gasteiger partial charge in [0.15, 0.2) is 11.5 Å². The van der Waals surface area contributed by atoms with E-state index in [9.17, 15) is 15.2 Å². The number of aromatic hydroxyl groups is 1. The largest absolute Gasteiger partial charge is 0.504 e. The van der Waals surface area contributed by atoms with Crippen molar-refractivity contribution in [1.82, 2.24) is 4.98 Å². The Morgan fingerprint density at radius 1 is 1.24 bits per heavy atom. The van der Waals surface area contributed by atoms with Crippen LogP contribution >= 0.6 is 15.9 Å². The molecule has 1 heterocycles. The zero-order valence-corrected chi connectivity index (χ0v) is 14.7. The molecule has 6 nitrogen and oxygen atoms in total. The predicted octanol–water partition coefficient (Wildman–Crippen LogP) is 4.79. The lowest BCUT2D eigenvalue weighted by Gasteiger charge is -2.06. The van der Waals surface area contributed by atoms with Gasteiger partial charge in [0.05, 0.1) is 28.6 Å². The summed E-state index contributed by atoms with van der Waals surface area (Å²) in [5.74, 6) is 0.410. The van der Waals surface area contributed by atoms with E-state index in [1.165, 1.54) is 13.2 Å². The van der Waals surface area contributed by atoms with Crippen LogP contribution in [0.5, 0.6) is 11.5 Å². The van der Waals surface area contributed by atoms with Crippen molar-refractivity contribution >= 4 is 44.7 Å². The van der Waals surface area contributed by atoms with Gasteiger partial charge in [-0.05, 0) is 42.0 Å². The zero-order valence-electron chi connectivity index (χ0n) is 13.1. The van der Waals surface area contributed by atoms with Crippen molar-refractivity contribution in [1.29, 1.82) is 0 Å². The number of benzene rings is 2. The first-order chi connectivity index (χ1) is 12.0. The third-order valence-corrected chi connectivity index (χ3v) is 4.35. The Kier molecular flexibility index (Phi) is 4.67. The molecule has 0 saturated carbocycles. The molecule has 3 rings (SSSR count). The van der Waals surface area contributed by atoms with E-state index in [0.29, 0.717) is 22.3 Å². The maximum absolute atomic E-state index is 11.1. The van der Waals surface area contributed by atoms with Crippen molar-refractivity contribution in [3.05, 3.63) is 68.3 Å². The summed E-state index contributed by atoms with van der Waals surface area (Å²) in [7, 11) is 1.48. The molecule has 7 heteroatoms. The van der Waals surface area contributed by atoms with Gasteiger partial charge < -0.3 is 9.84 Å². The van der Waals surface area contributed by atoms with E-state index >= 15 is 0 Å². The number of methoxy groups -OCH3 is 1. The molecule has 0 amide bonds. The second kappa shape index (κ2) is 6.90. The topological polar surface area (TPSA) is 85.5 Å². The smallest absolute Gasteiger partial charge is 0.278 e. The first kappa shape index (κ1) is 16.9. The number of halogens is 1. The molecule has 0 aliphatic rings. The maximum atomic E-state index is 11.1. The number of nitro benzene ring substituents is 1. The molecular formula is C18H13BrN2O4. The summed E-state index contributed by atoms with van der Waals surface area (Å²) in [6.07, 6.45) is 3.55. The van der Waals surface area contributed by atoms with Crippen molar-refractivity contribution in [2.75, 3.05) is 7.11 Å². The third-order valence-electron chi connectivity index (χ3n) is 3.66. The number of rotatable bonds is 4. The molecule has 0 spiro atoms. The molecule has 0 fully saturated rings. The molecule has 3 aromatic rings. The lowest BCUT2D eigenvalue weighted by atomic mass is 10.1. The van der Waals surface area contributed by atoms with Crippen LogP contribution in [-0.2, 0) is 0 Å². The lowest BCUT2D eigenvalue weighted by molar-refractivity contribution is -0.383. The predicted molar refractivity (Wildman–Crippen MR) is 99.7 cm³/mol. The van der Waals surface area contributed by atoms with E-state index in [4.69, 9.17) is 4.74 Å². The van der Waals surface area contributed by atoms with Gasteiger partial charge in [0.25, 0.3) is 5.69 Å². The van der Waals surface area contributed by atoms with Gasteiger partial charge in [-0.25, -0.2) is 4.98 Å². The number of hydrogen-bond acceptors (Lipinski definition) is 5. The van der Waals surface area contributed by atoms with Crippen molar-refractivity contribution in [2.45, 2.75) is 0 Å². The number of hydrogen-bond donors (Lipinski definition) is 1. The third kappa shape index (κ3) is 3.46. The molecule has 1 aromatic heterocycles. The summed E-state index contributed by atoms with van der Waals surface area (Å²) >= 11 is 3.42. The van der Waals surface area contributed by atoms with E-state index in [0.717, 1.165) is 10.0 Å². The number of nitrogens with zero attached hydrogens (tertiary/aromatic N) is 2. The van der Waals surface area contributed by atoms with Gasteiger partial charge in [0, 0.05) is 10.5 Å². The quantitative estimate of drug-likeness (QED) is 0.502. The van der Waals surface area contributed by atoms with Gasteiger partial charge in [0.1, 0.15) is 0 Å². The second-order valence-electron chi connectivity index (χ2n) is 5.22. The van der Waals surface area contributed by atoms with Crippen LogP contribution in [0.15, 0.2) is 46.9 Å². The van der Waals surface area contributed by atoms with Crippen molar-refractivity contribution in [3.63, 3.8) is 0 Å². The van der Waals surface area contributed by atoms with Crippen LogP contribution in [0, 0.1) is 10.1 Å². The Balaban J connectivity index is 1.97. The Labute approximate surface area is 151 Å². The average molecular weight is 401 g/mol. The minimum absolute atomic E-state index is 0.0309. The number of aromatic nitrogens is 1. The highest BCUT2D eigenvalue weighted by molar-refractivity contribution is 9.10. The van der Waals surface area contributed by atoms with E-state index < -0.39 is 4.92 Å². The van der Waals surface area contributed by atoms with Crippen LogP contribution in [0.1, 0.15) is 11.3 Å². The van der Waals surface area contributed by atoms with Crippen LogP contribution < -0.4 is 4.74 Å². The Bertz CT molecular complexity index is 1000. The molecule has 2 aromatic carbocycles. The van der Waals surface area contributed by atoms with Gasteiger partial charge in [-0.1, -0.05) is 28.1 Å². The SMILES string of the molecule is COc1cc(Br)c(/C=C/c2ccc3c([N+](=O)[O-])cccc3n2)cc1O. The number of pyridine rings is 1. The van der Waals surface area contributed by atoms with Crippen LogP contribution in [0.2, 0.25) is 0 Å². The number of ether oxygens (including phenoxy) is 1. The van der Waals surface area contributed by atoms with Gasteiger partial charge in [0.2, 0.25) is 0 Å². The lowest BCUT2D eigenvalue weighted by Crippen LogP contribution is -1.91. The van der Waals surface area contributed by atoms with E-state index in [1.54, 1.807) is 48.6 Å². The summed E-state index contributed by atoms with van der Waals surface area (Å²) in [6, 6.07) is 11.4.